The van der Waals surface area contributed by atoms with Crippen molar-refractivity contribution in [3.05, 3.63) is 33.3 Å². The zero-order chi connectivity index (χ0) is 20.9. The zero-order valence-corrected chi connectivity index (χ0v) is 17.9. The molecule has 0 radical (unpaired) electrons. The number of ketones is 1. The molecular weight excluding hydrogens is 427 g/mol. The van der Waals surface area contributed by atoms with E-state index >= 15 is 0 Å². The second-order valence-electron chi connectivity index (χ2n) is 7.86. The third-order valence-electron chi connectivity index (χ3n) is 3.32. The summed E-state index contributed by atoms with van der Waals surface area (Å²) in [6.45, 7) is 11.8. The maximum atomic E-state index is 11.5. The van der Waals surface area contributed by atoms with Crippen molar-refractivity contribution < 1.29 is 29.3 Å². The molecule has 0 spiro atoms. The van der Waals surface area contributed by atoms with Crippen LogP contribution in [0.4, 0.5) is 0 Å². The number of methoxy groups -OCH3 is 1. The van der Waals surface area contributed by atoms with Gasteiger partial charge >= 0.3 is 41.5 Å². The number of hydrogen-bond acceptors (Lipinski definition) is 4. The molecule has 0 atom stereocenters. The van der Waals surface area contributed by atoms with Crippen molar-refractivity contribution in [2.75, 3.05) is 7.11 Å². The fourth-order valence-corrected chi connectivity index (χ4v) is 2.89. The van der Waals surface area contributed by atoms with E-state index in [1.165, 1.54) is 19.2 Å². The summed E-state index contributed by atoms with van der Waals surface area (Å²) < 4.78 is 5.06. The molecule has 1 rings (SSSR count). The van der Waals surface area contributed by atoms with E-state index in [2.05, 4.69) is 15.9 Å². The molecule has 0 aliphatic heterocycles. The van der Waals surface area contributed by atoms with Crippen LogP contribution in [-0.4, -0.2) is 64.6 Å². The van der Waals surface area contributed by atoms with Crippen molar-refractivity contribution >= 4 is 63.2 Å². The monoisotopic (exact) mass is 454 g/mol. The van der Waals surface area contributed by atoms with Gasteiger partial charge in [0.15, 0.2) is 0 Å². The number of carbonyl (C=O) groups excluding carboxylic acids is 1. The van der Waals surface area contributed by atoms with Crippen molar-refractivity contribution in [1.82, 2.24) is 0 Å². The van der Waals surface area contributed by atoms with E-state index in [9.17, 15) is 14.4 Å². The van der Waals surface area contributed by atoms with Gasteiger partial charge in [0.05, 0.1) is 17.7 Å². The van der Waals surface area contributed by atoms with Crippen LogP contribution in [0, 0.1) is 10.8 Å². The van der Waals surface area contributed by atoms with Crippen LogP contribution >= 0.6 is 15.9 Å². The molecule has 27 heavy (non-hydrogen) atoms. The van der Waals surface area contributed by atoms with Crippen LogP contribution in [0.2, 0.25) is 0 Å². The van der Waals surface area contributed by atoms with Crippen LogP contribution < -0.4 is 0 Å². The fraction of sp³-hybridized carbons (Fsp3) is 0.526. The third kappa shape index (κ3) is 9.34. The molecule has 148 valence electrons. The van der Waals surface area contributed by atoms with Crippen molar-refractivity contribution in [1.29, 1.82) is 0 Å². The first-order chi connectivity index (χ1) is 11.6. The number of carbonyl (C=O) groups is 3. The standard InChI is InChI=1S/C10H9BrO5.C9H18O.Na.H/c1-16-4-5-2-7(10(14)15)8(11)3-6(5)9(12)13;1-8(2,3)7(10)9(4,5)6;;/h2-3H,4H2,1H3,(H,12,13)(H,14,15);1-6H3;;. The molecule has 2 N–H and O–H groups in total. The number of carboxylic acid groups (broad SMARTS) is 2. The molecule has 0 aliphatic rings. The summed E-state index contributed by atoms with van der Waals surface area (Å²) >= 11 is 3.02. The number of hydrogen-bond donors (Lipinski definition) is 2. The Morgan fingerprint density at radius 2 is 1.33 bits per heavy atom. The van der Waals surface area contributed by atoms with E-state index in [1.807, 2.05) is 41.5 Å². The van der Waals surface area contributed by atoms with Crippen molar-refractivity contribution in [2.45, 2.75) is 48.1 Å². The van der Waals surface area contributed by atoms with Gasteiger partial charge in [-0.2, -0.15) is 0 Å². The average molecular weight is 455 g/mol. The number of carboxylic acids is 2. The summed E-state index contributed by atoms with van der Waals surface area (Å²) in [5.74, 6) is -1.93. The number of Topliss-reactive ketones (excluding diaryl/α,β-unsaturated/α-hetero) is 1. The van der Waals surface area contributed by atoms with E-state index in [0.29, 0.717) is 11.3 Å². The van der Waals surface area contributed by atoms with Gasteiger partial charge in [0.25, 0.3) is 0 Å². The molecular formula is C19H28BrNaO6. The van der Waals surface area contributed by atoms with Crippen LogP contribution in [0.15, 0.2) is 16.6 Å². The Balaban J connectivity index is 0. The normalized spacial score (nSPS) is 11.0. The summed E-state index contributed by atoms with van der Waals surface area (Å²) in [5.41, 5.74) is -0.0253. The van der Waals surface area contributed by atoms with E-state index in [4.69, 9.17) is 14.9 Å². The predicted molar refractivity (Wildman–Crippen MR) is 110 cm³/mol. The van der Waals surface area contributed by atoms with Crippen LogP contribution in [-0.2, 0) is 16.1 Å². The van der Waals surface area contributed by atoms with E-state index in [-0.39, 0.29) is 62.6 Å². The predicted octanol–water partition coefficient (Wildman–Crippen LogP) is 3.99. The van der Waals surface area contributed by atoms with E-state index in [1.54, 1.807) is 0 Å². The molecule has 8 heteroatoms. The molecule has 0 bridgehead atoms. The molecule has 0 amide bonds. The second kappa shape index (κ2) is 11.3. The SMILES string of the molecule is CC(C)(C)C(=O)C(C)(C)C.COCc1cc(C(=O)O)c(Br)cc1C(=O)O.[NaH]. The molecule has 0 unspecified atom stereocenters. The first-order valence-corrected chi connectivity index (χ1v) is 8.75. The Kier molecular flexibility index (Phi) is 11.9. The minimum absolute atomic E-state index is 0. The number of aromatic carboxylic acids is 2. The van der Waals surface area contributed by atoms with Crippen molar-refractivity contribution in [3.63, 3.8) is 0 Å². The molecule has 0 aromatic heterocycles. The van der Waals surface area contributed by atoms with E-state index < -0.39 is 11.9 Å². The van der Waals surface area contributed by atoms with Gasteiger partial charge in [-0.25, -0.2) is 9.59 Å². The fourth-order valence-electron chi connectivity index (χ4n) is 2.38. The Morgan fingerprint density at radius 1 is 0.926 bits per heavy atom. The van der Waals surface area contributed by atoms with Crippen LogP contribution in [0.25, 0.3) is 0 Å². The van der Waals surface area contributed by atoms with Gasteiger partial charge in [-0.3, -0.25) is 4.79 Å². The molecule has 0 saturated carbocycles. The summed E-state index contributed by atoms with van der Waals surface area (Å²) in [6, 6.07) is 2.56. The van der Waals surface area contributed by atoms with Gasteiger partial charge in [0, 0.05) is 22.4 Å². The van der Waals surface area contributed by atoms with Gasteiger partial charge in [0.2, 0.25) is 0 Å². The van der Waals surface area contributed by atoms with Crippen LogP contribution in [0.5, 0.6) is 0 Å². The third-order valence-corrected chi connectivity index (χ3v) is 3.97. The van der Waals surface area contributed by atoms with Gasteiger partial charge in [0.1, 0.15) is 5.78 Å². The topological polar surface area (TPSA) is 101 Å². The maximum absolute atomic E-state index is 11.5. The van der Waals surface area contributed by atoms with Crippen LogP contribution in [0.1, 0.15) is 67.8 Å². The summed E-state index contributed by atoms with van der Waals surface area (Å²) in [4.78, 5) is 33.2. The number of benzene rings is 1. The molecule has 1 aromatic carbocycles. The number of halogens is 1. The number of rotatable bonds is 4. The summed E-state index contributed by atoms with van der Waals surface area (Å²) in [6.07, 6.45) is 0. The zero-order valence-electron chi connectivity index (χ0n) is 16.3. The van der Waals surface area contributed by atoms with Gasteiger partial charge in [-0.05, 0) is 33.6 Å². The van der Waals surface area contributed by atoms with E-state index in [0.717, 1.165) is 0 Å². The Bertz CT molecular complexity index is 671. The number of ether oxygens (including phenoxy) is 1. The van der Waals surface area contributed by atoms with Crippen molar-refractivity contribution in [3.8, 4) is 0 Å². The minimum atomic E-state index is -1.12. The Labute approximate surface area is 191 Å². The summed E-state index contributed by atoms with van der Waals surface area (Å²) in [7, 11) is 1.41. The van der Waals surface area contributed by atoms with Gasteiger partial charge in [-0.1, -0.05) is 41.5 Å². The first kappa shape index (κ1) is 28.5. The molecule has 0 aliphatic carbocycles. The molecule has 0 saturated heterocycles. The Hall–Kier alpha value is -0.730. The quantitative estimate of drug-likeness (QED) is 0.666. The Morgan fingerprint density at radius 3 is 1.59 bits per heavy atom. The summed E-state index contributed by atoms with van der Waals surface area (Å²) in [5, 5.41) is 17.8. The molecule has 0 fully saturated rings. The molecule has 0 heterocycles. The second-order valence-corrected chi connectivity index (χ2v) is 8.72. The van der Waals surface area contributed by atoms with Crippen LogP contribution in [0.3, 0.4) is 0 Å². The van der Waals surface area contributed by atoms with Gasteiger partial charge < -0.3 is 14.9 Å². The molecule has 6 nitrogen and oxygen atoms in total. The molecule has 1 aromatic rings. The van der Waals surface area contributed by atoms with Gasteiger partial charge in [-0.15, -0.1) is 0 Å². The first-order valence-electron chi connectivity index (χ1n) is 7.95. The average Bonchev–Trinajstić information content (AvgIpc) is 2.46. The van der Waals surface area contributed by atoms with Crippen molar-refractivity contribution in [2.24, 2.45) is 10.8 Å².